The predicted octanol–water partition coefficient (Wildman–Crippen LogP) is 3.98. The summed E-state index contributed by atoms with van der Waals surface area (Å²) in [6.07, 6.45) is 5.31. The zero-order chi connectivity index (χ0) is 11.9. The molecule has 2 aromatic rings. The van der Waals surface area contributed by atoms with Crippen molar-refractivity contribution in [3.05, 3.63) is 71.8 Å². The van der Waals surface area contributed by atoms with E-state index in [-0.39, 0.29) is 0 Å². The number of rotatable bonds is 4. The minimum atomic E-state index is 0.950. The fourth-order valence-corrected chi connectivity index (χ4v) is 1.83. The summed E-state index contributed by atoms with van der Waals surface area (Å²) < 4.78 is 0. The van der Waals surface area contributed by atoms with Crippen LogP contribution in [0, 0.1) is 0 Å². The fourth-order valence-electron chi connectivity index (χ4n) is 1.83. The number of para-hydroxylation sites is 1. The van der Waals surface area contributed by atoms with Crippen molar-refractivity contribution < 1.29 is 0 Å². The molecule has 0 bridgehead atoms. The summed E-state index contributed by atoms with van der Waals surface area (Å²) in [7, 11) is 1.96. The fraction of sp³-hybridized carbons (Fsp3) is 0.125. The van der Waals surface area contributed by atoms with Crippen molar-refractivity contribution in [3.8, 4) is 0 Å². The summed E-state index contributed by atoms with van der Waals surface area (Å²) in [5.74, 6) is 0. The first-order valence-corrected chi connectivity index (χ1v) is 5.87. The third-order valence-corrected chi connectivity index (χ3v) is 2.73. The van der Waals surface area contributed by atoms with Gasteiger partial charge in [0.15, 0.2) is 0 Å². The van der Waals surface area contributed by atoms with Crippen LogP contribution in [0.25, 0.3) is 6.08 Å². The van der Waals surface area contributed by atoms with Crippen LogP contribution in [0.1, 0.15) is 11.1 Å². The molecule has 0 unspecified atom stereocenters. The minimum Gasteiger partial charge on any atom is -0.388 e. The first-order chi connectivity index (χ1) is 8.40. The molecule has 0 saturated carbocycles. The zero-order valence-electron chi connectivity index (χ0n) is 10.1. The van der Waals surface area contributed by atoms with Gasteiger partial charge >= 0.3 is 0 Å². The number of allylic oxidation sites excluding steroid dienone is 1. The number of nitrogens with one attached hydrogen (secondary N) is 1. The Hall–Kier alpha value is -2.02. The van der Waals surface area contributed by atoms with Crippen molar-refractivity contribution >= 4 is 11.8 Å². The van der Waals surface area contributed by atoms with Gasteiger partial charge in [-0.2, -0.15) is 0 Å². The highest BCUT2D eigenvalue weighted by Crippen LogP contribution is 2.15. The Morgan fingerprint density at radius 3 is 2.41 bits per heavy atom. The third kappa shape index (κ3) is 3.22. The molecular weight excluding hydrogens is 206 g/mol. The van der Waals surface area contributed by atoms with Crippen molar-refractivity contribution in [1.29, 1.82) is 0 Å². The van der Waals surface area contributed by atoms with E-state index in [1.54, 1.807) is 0 Å². The maximum absolute atomic E-state index is 3.21. The molecule has 86 valence electrons. The Labute approximate surface area is 103 Å². The van der Waals surface area contributed by atoms with E-state index in [0.717, 1.165) is 6.42 Å². The second-order valence-corrected chi connectivity index (χ2v) is 3.92. The van der Waals surface area contributed by atoms with Crippen LogP contribution < -0.4 is 5.32 Å². The van der Waals surface area contributed by atoms with Gasteiger partial charge in [-0.3, -0.25) is 0 Å². The van der Waals surface area contributed by atoms with Gasteiger partial charge in [-0.15, -0.1) is 0 Å². The van der Waals surface area contributed by atoms with E-state index < -0.39 is 0 Å². The smallest absolute Gasteiger partial charge is 0.0373 e. The van der Waals surface area contributed by atoms with E-state index in [2.05, 4.69) is 66.0 Å². The summed E-state index contributed by atoms with van der Waals surface area (Å²) in [6, 6.07) is 18.8. The van der Waals surface area contributed by atoms with Gasteiger partial charge in [0, 0.05) is 12.7 Å². The molecule has 0 saturated heterocycles. The molecule has 2 aromatic carbocycles. The second kappa shape index (κ2) is 5.90. The quantitative estimate of drug-likeness (QED) is 0.826. The Morgan fingerprint density at radius 2 is 1.65 bits per heavy atom. The highest BCUT2D eigenvalue weighted by Gasteiger charge is 1.96. The minimum absolute atomic E-state index is 0.950. The number of anilines is 1. The van der Waals surface area contributed by atoms with Crippen LogP contribution in [0.2, 0.25) is 0 Å². The molecule has 17 heavy (non-hydrogen) atoms. The van der Waals surface area contributed by atoms with Gasteiger partial charge in [-0.05, 0) is 23.6 Å². The Morgan fingerprint density at radius 1 is 0.941 bits per heavy atom. The van der Waals surface area contributed by atoms with Crippen LogP contribution in [0.5, 0.6) is 0 Å². The van der Waals surface area contributed by atoms with E-state index in [1.165, 1.54) is 16.8 Å². The summed E-state index contributed by atoms with van der Waals surface area (Å²) in [5.41, 5.74) is 3.77. The van der Waals surface area contributed by atoms with E-state index in [1.807, 2.05) is 13.1 Å². The molecule has 0 aliphatic heterocycles. The molecule has 0 fully saturated rings. The van der Waals surface area contributed by atoms with Crippen LogP contribution in [0.15, 0.2) is 60.7 Å². The highest BCUT2D eigenvalue weighted by atomic mass is 14.8. The lowest BCUT2D eigenvalue weighted by atomic mass is 10.1. The second-order valence-electron chi connectivity index (χ2n) is 3.92. The topological polar surface area (TPSA) is 12.0 Å². The Kier molecular flexibility index (Phi) is 3.98. The van der Waals surface area contributed by atoms with Gasteiger partial charge in [0.25, 0.3) is 0 Å². The molecule has 1 N–H and O–H groups in total. The summed E-state index contributed by atoms with van der Waals surface area (Å²) in [6.45, 7) is 0. The molecule has 2 rings (SSSR count). The largest absolute Gasteiger partial charge is 0.388 e. The van der Waals surface area contributed by atoms with Crippen LogP contribution in [-0.2, 0) is 6.42 Å². The van der Waals surface area contributed by atoms with E-state index in [0.29, 0.717) is 0 Å². The maximum atomic E-state index is 3.21. The lowest BCUT2D eigenvalue weighted by molar-refractivity contribution is 1.26. The number of benzene rings is 2. The molecule has 0 aromatic heterocycles. The third-order valence-electron chi connectivity index (χ3n) is 2.73. The van der Waals surface area contributed by atoms with Crippen LogP contribution >= 0.6 is 0 Å². The molecule has 0 amide bonds. The lowest BCUT2D eigenvalue weighted by Crippen LogP contribution is -1.93. The van der Waals surface area contributed by atoms with Crippen LogP contribution in [0.3, 0.4) is 0 Å². The van der Waals surface area contributed by atoms with Gasteiger partial charge in [0.05, 0.1) is 0 Å². The van der Waals surface area contributed by atoms with Crippen LogP contribution in [0.4, 0.5) is 5.69 Å². The first-order valence-electron chi connectivity index (χ1n) is 5.87. The van der Waals surface area contributed by atoms with Crippen molar-refractivity contribution in [2.75, 3.05) is 12.4 Å². The molecule has 0 radical (unpaired) electrons. The number of hydrogen-bond acceptors (Lipinski definition) is 1. The van der Waals surface area contributed by atoms with Crippen molar-refractivity contribution in [3.63, 3.8) is 0 Å². The molecular formula is C16H17N. The molecule has 1 nitrogen and oxygen atoms in total. The van der Waals surface area contributed by atoms with Crippen molar-refractivity contribution in [2.24, 2.45) is 0 Å². The van der Waals surface area contributed by atoms with Crippen molar-refractivity contribution in [2.45, 2.75) is 6.42 Å². The summed E-state index contributed by atoms with van der Waals surface area (Å²) >= 11 is 0. The SMILES string of the molecule is CNc1ccccc1C/C=C/c1ccccc1. The van der Waals surface area contributed by atoms with Gasteiger partial charge in [0.1, 0.15) is 0 Å². The molecule has 0 aliphatic carbocycles. The lowest BCUT2D eigenvalue weighted by Gasteiger charge is -2.05. The molecule has 0 spiro atoms. The average Bonchev–Trinajstić information content (AvgIpc) is 2.40. The normalized spacial score (nSPS) is 10.6. The van der Waals surface area contributed by atoms with Gasteiger partial charge < -0.3 is 5.32 Å². The van der Waals surface area contributed by atoms with Crippen molar-refractivity contribution in [1.82, 2.24) is 0 Å². The summed E-state index contributed by atoms with van der Waals surface area (Å²) in [5, 5.41) is 3.21. The molecule has 0 atom stereocenters. The first kappa shape index (κ1) is 11.5. The maximum Gasteiger partial charge on any atom is 0.0373 e. The van der Waals surface area contributed by atoms with Crippen LogP contribution in [-0.4, -0.2) is 7.05 Å². The Bertz CT molecular complexity index is 486. The molecule has 0 aliphatic rings. The monoisotopic (exact) mass is 223 g/mol. The zero-order valence-corrected chi connectivity index (χ0v) is 10.1. The Balaban J connectivity index is 2.05. The summed E-state index contributed by atoms with van der Waals surface area (Å²) in [4.78, 5) is 0. The molecule has 1 heteroatoms. The standard InChI is InChI=1S/C16H17N/c1-17-16-13-6-5-11-15(16)12-7-10-14-8-3-2-4-9-14/h2-11,13,17H,12H2,1H3/b10-7+. The predicted molar refractivity (Wildman–Crippen MR) is 75.2 cm³/mol. The number of hydrogen-bond donors (Lipinski definition) is 1. The average molecular weight is 223 g/mol. The van der Waals surface area contributed by atoms with E-state index >= 15 is 0 Å². The van der Waals surface area contributed by atoms with Gasteiger partial charge in [0.2, 0.25) is 0 Å². The highest BCUT2D eigenvalue weighted by molar-refractivity contribution is 5.54. The van der Waals surface area contributed by atoms with Gasteiger partial charge in [-0.25, -0.2) is 0 Å². The van der Waals surface area contributed by atoms with E-state index in [4.69, 9.17) is 0 Å². The van der Waals surface area contributed by atoms with E-state index in [9.17, 15) is 0 Å². The molecule has 0 heterocycles. The van der Waals surface area contributed by atoms with Gasteiger partial charge in [-0.1, -0.05) is 60.7 Å².